The Hall–Kier alpha value is -2.87. The highest BCUT2D eigenvalue weighted by Gasteiger charge is 2.36. The first-order valence-corrected chi connectivity index (χ1v) is 13.0. The molecule has 34 heavy (non-hydrogen) atoms. The summed E-state index contributed by atoms with van der Waals surface area (Å²) in [6.45, 7) is 3.56. The van der Waals surface area contributed by atoms with E-state index in [1.165, 1.54) is 5.56 Å². The molecular weight excluding hydrogens is 448 g/mol. The lowest BCUT2D eigenvalue weighted by Crippen LogP contribution is -2.48. The van der Waals surface area contributed by atoms with Crippen molar-refractivity contribution in [2.45, 2.75) is 43.3 Å². The number of ether oxygens (including phenoxy) is 2. The minimum atomic E-state index is -3.68. The van der Waals surface area contributed by atoms with Gasteiger partial charge >= 0.3 is 0 Å². The van der Waals surface area contributed by atoms with Crippen LogP contribution >= 0.6 is 0 Å². The van der Waals surface area contributed by atoms with Crippen molar-refractivity contribution in [3.8, 4) is 11.5 Å². The van der Waals surface area contributed by atoms with Gasteiger partial charge in [-0.05, 0) is 53.8 Å². The van der Waals surface area contributed by atoms with Gasteiger partial charge in [0, 0.05) is 19.1 Å². The highest BCUT2D eigenvalue weighted by molar-refractivity contribution is 7.89. The zero-order chi connectivity index (χ0) is 24.1. The van der Waals surface area contributed by atoms with Crippen molar-refractivity contribution in [2.24, 2.45) is 0 Å². The predicted molar refractivity (Wildman–Crippen MR) is 134 cm³/mol. The molecule has 1 aliphatic rings. The zero-order valence-corrected chi connectivity index (χ0v) is 20.7. The third-order valence-electron chi connectivity index (χ3n) is 6.44. The van der Waals surface area contributed by atoms with Gasteiger partial charge in [-0.2, -0.15) is 0 Å². The van der Waals surface area contributed by atoms with Crippen molar-refractivity contribution in [3.05, 3.63) is 89.5 Å². The summed E-state index contributed by atoms with van der Waals surface area (Å²) in [5.74, 6) is 1.34. The molecule has 0 amide bonds. The number of sulfonamides is 1. The van der Waals surface area contributed by atoms with E-state index < -0.39 is 10.0 Å². The smallest absolute Gasteiger partial charge is 0.240 e. The number of nitrogens with zero attached hydrogens (tertiary/aromatic N) is 1. The maximum Gasteiger partial charge on any atom is 0.240 e. The second-order valence-electron chi connectivity index (χ2n) is 8.51. The Kier molecular flexibility index (Phi) is 7.56. The first-order chi connectivity index (χ1) is 16.5. The molecule has 3 aromatic rings. The van der Waals surface area contributed by atoms with Crippen molar-refractivity contribution in [2.75, 3.05) is 20.8 Å². The largest absolute Gasteiger partial charge is 0.493 e. The molecule has 2 atom stereocenters. The van der Waals surface area contributed by atoms with Gasteiger partial charge in [0.05, 0.1) is 25.2 Å². The van der Waals surface area contributed by atoms with E-state index in [9.17, 15) is 8.42 Å². The second-order valence-corrected chi connectivity index (χ2v) is 10.2. The maximum absolute atomic E-state index is 13.3. The van der Waals surface area contributed by atoms with Gasteiger partial charge in [0.25, 0.3) is 0 Å². The van der Waals surface area contributed by atoms with E-state index in [4.69, 9.17) is 9.47 Å². The summed E-state index contributed by atoms with van der Waals surface area (Å²) in [5.41, 5.74) is 3.42. The fraction of sp³-hybridized carbons (Fsp3) is 0.333. The molecule has 0 fully saturated rings. The van der Waals surface area contributed by atoms with Crippen LogP contribution in [0.25, 0.3) is 0 Å². The number of rotatable bonds is 9. The average molecular weight is 481 g/mol. The van der Waals surface area contributed by atoms with Crippen LogP contribution in [0.3, 0.4) is 0 Å². The Balaban J connectivity index is 1.76. The van der Waals surface area contributed by atoms with Crippen molar-refractivity contribution < 1.29 is 17.9 Å². The molecule has 6 nitrogen and oxygen atoms in total. The number of fused-ring (bicyclic) bond motifs is 1. The van der Waals surface area contributed by atoms with Gasteiger partial charge in [-0.15, -0.1) is 0 Å². The molecule has 3 aromatic carbocycles. The molecule has 1 N–H and O–H groups in total. The second kappa shape index (κ2) is 10.6. The monoisotopic (exact) mass is 480 g/mol. The van der Waals surface area contributed by atoms with E-state index in [-0.39, 0.29) is 17.0 Å². The molecular formula is C27H32N2O4S. The lowest BCUT2D eigenvalue weighted by atomic mass is 9.86. The van der Waals surface area contributed by atoms with Gasteiger partial charge in [0.15, 0.2) is 11.5 Å². The minimum Gasteiger partial charge on any atom is -0.493 e. The van der Waals surface area contributed by atoms with Crippen LogP contribution < -0.4 is 14.2 Å². The van der Waals surface area contributed by atoms with E-state index in [1.807, 2.05) is 43.3 Å². The summed E-state index contributed by atoms with van der Waals surface area (Å²) >= 11 is 0. The van der Waals surface area contributed by atoms with Crippen LogP contribution in [-0.4, -0.2) is 40.1 Å². The molecule has 180 valence electrons. The molecule has 0 bridgehead atoms. The number of benzene rings is 3. The lowest BCUT2D eigenvalue weighted by molar-refractivity contribution is 0.143. The van der Waals surface area contributed by atoms with Crippen molar-refractivity contribution in [1.82, 2.24) is 9.62 Å². The number of hydrogen-bond acceptors (Lipinski definition) is 5. The summed E-state index contributed by atoms with van der Waals surface area (Å²) < 4.78 is 40.7. The molecule has 4 rings (SSSR count). The molecule has 0 aliphatic carbocycles. The molecule has 2 unspecified atom stereocenters. The normalized spacial score (nSPS) is 17.1. The highest BCUT2D eigenvalue weighted by atomic mass is 32.2. The van der Waals surface area contributed by atoms with Crippen molar-refractivity contribution >= 4 is 10.0 Å². The van der Waals surface area contributed by atoms with E-state index in [1.54, 1.807) is 38.5 Å². The van der Waals surface area contributed by atoms with Crippen LogP contribution in [0.1, 0.15) is 36.1 Å². The molecule has 0 saturated carbocycles. The summed E-state index contributed by atoms with van der Waals surface area (Å²) in [4.78, 5) is 2.64. The third kappa shape index (κ3) is 5.12. The van der Waals surface area contributed by atoms with Gasteiger partial charge in [0.2, 0.25) is 10.0 Å². The van der Waals surface area contributed by atoms with E-state index >= 15 is 0 Å². The van der Waals surface area contributed by atoms with Gasteiger partial charge in [0.1, 0.15) is 0 Å². The first-order valence-electron chi connectivity index (χ1n) is 11.6. The Morgan fingerprint density at radius 1 is 0.971 bits per heavy atom. The molecule has 7 heteroatoms. The number of nitrogens with one attached hydrogen (secondary N) is 1. The minimum absolute atomic E-state index is 0.160. The molecule has 1 heterocycles. The van der Waals surface area contributed by atoms with Crippen LogP contribution in [0.5, 0.6) is 11.5 Å². The van der Waals surface area contributed by atoms with Gasteiger partial charge in [-0.3, -0.25) is 4.90 Å². The highest BCUT2D eigenvalue weighted by Crippen LogP contribution is 2.41. The Morgan fingerprint density at radius 3 is 2.21 bits per heavy atom. The molecule has 0 aromatic heterocycles. The van der Waals surface area contributed by atoms with Gasteiger partial charge in [-0.25, -0.2) is 13.1 Å². The van der Waals surface area contributed by atoms with Crippen LogP contribution in [0.4, 0.5) is 0 Å². The summed E-state index contributed by atoms with van der Waals surface area (Å²) in [5, 5.41) is 0. The van der Waals surface area contributed by atoms with E-state index in [0.29, 0.717) is 17.9 Å². The fourth-order valence-corrected chi connectivity index (χ4v) is 6.08. The fourth-order valence-electron chi connectivity index (χ4n) is 4.73. The first kappa shape index (κ1) is 24.3. The summed E-state index contributed by atoms with van der Waals surface area (Å²) in [6.07, 6.45) is 1.48. The molecule has 1 aliphatic heterocycles. The predicted octanol–water partition coefficient (Wildman–Crippen LogP) is 4.56. The van der Waals surface area contributed by atoms with Crippen molar-refractivity contribution in [1.29, 1.82) is 0 Å². The van der Waals surface area contributed by atoms with Crippen LogP contribution in [-0.2, 0) is 23.0 Å². The standard InChI is InChI=1S/C27H32N2O4S/c1-4-24(28-34(30,31)22-13-9-6-10-14-22)27-23-18-26(33-3)25(32-2)17-21(23)15-16-29(27)19-20-11-7-5-8-12-20/h5-14,17-18,24,27-28H,4,15-16,19H2,1-3H3. The molecule has 0 radical (unpaired) electrons. The van der Waals surface area contributed by atoms with Gasteiger partial charge < -0.3 is 9.47 Å². The quantitative estimate of drug-likeness (QED) is 0.486. The third-order valence-corrected chi connectivity index (χ3v) is 7.94. The Bertz CT molecular complexity index is 1200. The van der Waals surface area contributed by atoms with Gasteiger partial charge in [-0.1, -0.05) is 55.5 Å². The average Bonchev–Trinajstić information content (AvgIpc) is 2.87. The molecule has 0 saturated heterocycles. The Morgan fingerprint density at radius 2 is 1.59 bits per heavy atom. The summed E-state index contributed by atoms with van der Waals surface area (Å²) in [6, 6.07) is 22.4. The van der Waals surface area contributed by atoms with Crippen LogP contribution in [0, 0.1) is 0 Å². The Labute approximate surface area is 202 Å². The lowest BCUT2D eigenvalue weighted by Gasteiger charge is -2.42. The van der Waals surface area contributed by atoms with E-state index in [2.05, 4.69) is 21.8 Å². The summed E-state index contributed by atoms with van der Waals surface area (Å²) in [7, 11) is -0.423. The number of hydrogen-bond donors (Lipinski definition) is 1. The van der Waals surface area contributed by atoms with Crippen molar-refractivity contribution in [3.63, 3.8) is 0 Å². The van der Waals surface area contributed by atoms with E-state index in [0.717, 1.165) is 30.6 Å². The maximum atomic E-state index is 13.3. The zero-order valence-electron chi connectivity index (χ0n) is 19.9. The molecule has 0 spiro atoms. The van der Waals surface area contributed by atoms with Crippen LogP contribution in [0.15, 0.2) is 77.7 Å². The van der Waals surface area contributed by atoms with Crippen LogP contribution in [0.2, 0.25) is 0 Å². The SMILES string of the molecule is CCC(NS(=O)(=O)c1ccccc1)C1c2cc(OC)c(OC)cc2CCN1Cc1ccccc1. The topological polar surface area (TPSA) is 67.9 Å². The number of methoxy groups -OCH3 is 2.